The number of oxime groups is 1. The molecule has 1 heterocycles. The van der Waals surface area contributed by atoms with E-state index in [0.717, 1.165) is 0 Å². The van der Waals surface area contributed by atoms with Gasteiger partial charge in [-0.2, -0.15) is 0 Å². The third kappa shape index (κ3) is 2.49. The fourth-order valence-corrected chi connectivity index (χ4v) is 1.18. The van der Waals surface area contributed by atoms with Gasteiger partial charge in [-0.05, 0) is 22.0 Å². The number of furan rings is 1. The molecule has 0 aliphatic heterocycles. The Morgan fingerprint density at radius 1 is 1.79 bits per heavy atom. The molecule has 0 aromatic carbocycles. The van der Waals surface area contributed by atoms with Crippen LogP contribution in [0.1, 0.15) is 10.4 Å². The molecule has 0 unspecified atom stereocenters. The Bertz CT molecular complexity index is 361. The van der Waals surface area contributed by atoms with Crippen LogP contribution in [0.5, 0.6) is 0 Å². The second-order valence-electron chi connectivity index (χ2n) is 2.38. The zero-order valence-electron chi connectivity index (χ0n) is 7.03. The molecule has 0 radical (unpaired) electrons. The summed E-state index contributed by atoms with van der Waals surface area (Å²) in [7, 11) is 0. The van der Waals surface area contributed by atoms with E-state index in [1.54, 1.807) is 0 Å². The summed E-state index contributed by atoms with van der Waals surface area (Å²) in [6.07, 6.45) is 1.38. The number of rotatable bonds is 3. The van der Waals surface area contributed by atoms with Gasteiger partial charge in [0.25, 0.3) is 5.91 Å². The Balaban J connectivity index is 2.56. The van der Waals surface area contributed by atoms with Gasteiger partial charge in [0.15, 0.2) is 10.5 Å². The third-order valence-corrected chi connectivity index (χ3v) is 2.04. The van der Waals surface area contributed by atoms with Crippen LogP contribution >= 0.6 is 15.9 Å². The molecule has 0 aliphatic carbocycles. The second kappa shape index (κ2) is 4.66. The molecule has 0 spiro atoms. The second-order valence-corrected chi connectivity index (χ2v) is 3.10. The van der Waals surface area contributed by atoms with Crippen molar-refractivity contribution in [1.82, 2.24) is 5.32 Å². The first-order chi connectivity index (χ1) is 6.65. The normalized spacial score (nSPS) is 11.4. The highest BCUT2D eigenvalue weighted by Crippen LogP contribution is 2.16. The average molecular weight is 262 g/mol. The maximum atomic E-state index is 11.4. The molecular formula is C7H8BrN3O3. The summed E-state index contributed by atoms with van der Waals surface area (Å²) in [6.45, 7) is -0.0209. The Labute approximate surface area is 87.9 Å². The van der Waals surface area contributed by atoms with Crippen LogP contribution in [-0.4, -0.2) is 23.5 Å². The van der Waals surface area contributed by atoms with Gasteiger partial charge >= 0.3 is 0 Å². The molecule has 6 nitrogen and oxygen atoms in total. The maximum Gasteiger partial charge on any atom is 0.256 e. The number of halogens is 1. The molecule has 0 saturated heterocycles. The molecule has 1 rings (SSSR count). The van der Waals surface area contributed by atoms with Crippen molar-refractivity contribution in [2.45, 2.75) is 0 Å². The average Bonchev–Trinajstić information content (AvgIpc) is 2.60. The van der Waals surface area contributed by atoms with Crippen molar-refractivity contribution in [2.24, 2.45) is 10.9 Å². The summed E-state index contributed by atoms with van der Waals surface area (Å²) in [5, 5.41) is 13.4. The zero-order chi connectivity index (χ0) is 10.6. The van der Waals surface area contributed by atoms with Crippen molar-refractivity contribution >= 4 is 27.7 Å². The predicted molar refractivity (Wildman–Crippen MR) is 52.2 cm³/mol. The van der Waals surface area contributed by atoms with E-state index in [1.165, 1.54) is 12.3 Å². The summed E-state index contributed by atoms with van der Waals surface area (Å²) < 4.78 is 5.21. The number of carbonyl (C=O) groups excluding carboxylic acids is 1. The minimum Gasteiger partial charge on any atom is -0.457 e. The van der Waals surface area contributed by atoms with Crippen molar-refractivity contribution in [3.05, 3.63) is 22.6 Å². The minimum absolute atomic E-state index is 0.0209. The molecule has 1 aromatic rings. The number of nitrogens with two attached hydrogens (primary N) is 1. The first kappa shape index (κ1) is 10.6. The molecule has 0 atom stereocenters. The maximum absolute atomic E-state index is 11.4. The van der Waals surface area contributed by atoms with Crippen molar-refractivity contribution in [3.63, 3.8) is 0 Å². The van der Waals surface area contributed by atoms with Crippen molar-refractivity contribution in [3.8, 4) is 0 Å². The van der Waals surface area contributed by atoms with Gasteiger partial charge in [-0.15, -0.1) is 0 Å². The highest BCUT2D eigenvalue weighted by atomic mass is 79.9. The molecule has 7 heteroatoms. The summed E-state index contributed by atoms with van der Waals surface area (Å²) in [6, 6.07) is 1.51. The van der Waals surface area contributed by atoms with E-state index < -0.39 is 0 Å². The SMILES string of the molecule is N/C(CNC(=O)c1ccoc1Br)=N/O. The molecule has 0 bridgehead atoms. The molecule has 1 aromatic heterocycles. The molecule has 0 saturated carbocycles. The van der Waals surface area contributed by atoms with Gasteiger partial charge in [-0.1, -0.05) is 5.16 Å². The Hall–Kier alpha value is -1.50. The van der Waals surface area contributed by atoms with Crippen molar-refractivity contribution in [1.29, 1.82) is 0 Å². The number of carbonyl (C=O) groups is 1. The van der Waals surface area contributed by atoms with Gasteiger partial charge in [-0.25, -0.2) is 0 Å². The third-order valence-electron chi connectivity index (χ3n) is 1.42. The van der Waals surface area contributed by atoms with E-state index in [4.69, 9.17) is 15.4 Å². The fourth-order valence-electron chi connectivity index (χ4n) is 0.757. The van der Waals surface area contributed by atoms with Gasteiger partial charge in [0.05, 0.1) is 18.4 Å². The van der Waals surface area contributed by atoms with E-state index >= 15 is 0 Å². The lowest BCUT2D eigenvalue weighted by atomic mass is 10.3. The van der Waals surface area contributed by atoms with Gasteiger partial charge < -0.3 is 20.7 Å². The first-order valence-electron chi connectivity index (χ1n) is 3.62. The number of amides is 1. The Morgan fingerprint density at radius 3 is 3.00 bits per heavy atom. The monoisotopic (exact) mass is 261 g/mol. The predicted octanol–water partition coefficient (Wildman–Crippen LogP) is 0.518. The van der Waals surface area contributed by atoms with Crippen molar-refractivity contribution in [2.75, 3.05) is 6.54 Å². The molecule has 0 fully saturated rings. The van der Waals surface area contributed by atoms with Crippen LogP contribution in [0.4, 0.5) is 0 Å². The van der Waals surface area contributed by atoms with Gasteiger partial charge in [0.1, 0.15) is 0 Å². The van der Waals surface area contributed by atoms with Gasteiger partial charge in [0, 0.05) is 0 Å². The van der Waals surface area contributed by atoms with E-state index in [2.05, 4.69) is 26.4 Å². The lowest BCUT2D eigenvalue weighted by Crippen LogP contribution is -2.33. The van der Waals surface area contributed by atoms with E-state index in [0.29, 0.717) is 10.2 Å². The highest BCUT2D eigenvalue weighted by molar-refractivity contribution is 9.10. The fraction of sp³-hybridized carbons (Fsp3) is 0.143. The minimum atomic E-state index is -0.364. The number of hydrogen-bond donors (Lipinski definition) is 3. The summed E-state index contributed by atoms with van der Waals surface area (Å²) in [4.78, 5) is 11.4. The van der Waals surface area contributed by atoms with Crippen LogP contribution in [0.2, 0.25) is 0 Å². The molecule has 1 amide bonds. The topological polar surface area (TPSA) is 101 Å². The number of nitrogens with zero attached hydrogens (tertiary/aromatic N) is 1. The zero-order valence-corrected chi connectivity index (χ0v) is 8.61. The molecule has 0 aliphatic rings. The number of nitrogens with one attached hydrogen (secondary N) is 1. The van der Waals surface area contributed by atoms with Gasteiger partial charge in [0.2, 0.25) is 0 Å². The number of amidine groups is 1. The Morgan fingerprint density at radius 2 is 2.50 bits per heavy atom. The Kier molecular flexibility index (Phi) is 3.52. The first-order valence-corrected chi connectivity index (χ1v) is 4.42. The van der Waals surface area contributed by atoms with Crippen LogP contribution in [0.15, 0.2) is 26.6 Å². The van der Waals surface area contributed by atoms with Crippen molar-refractivity contribution < 1.29 is 14.4 Å². The highest BCUT2D eigenvalue weighted by Gasteiger charge is 2.11. The molecule has 4 N–H and O–H groups in total. The van der Waals surface area contributed by atoms with Gasteiger partial charge in [-0.3, -0.25) is 4.79 Å². The van der Waals surface area contributed by atoms with E-state index in [9.17, 15) is 4.79 Å². The van der Waals surface area contributed by atoms with Crippen LogP contribution < -0.4 is 11.1 Å². The summed E-state index contributed by atoms with van der Waals surface area (Å²) in [5.41, 5.74) is 5.52. The summed E-state index contributed by atoms with van der Waals surface area (Å²) >= 11 is 3.05. The molecular weight excluding hydrogens is 254 g/mol. The van der Waals surface area contributed by atoms with Crippen LogP contribution in [0.3, 0.4) is 0 Å². The van der Waals surface area contributed by atoms with Crippen LogP contribution in [0.25, 0.3) is 0 Å². The standard InChI is InChI=1S/C7H8BrN3O3/c8-6-4(1-2-14-6)7(12)10-3-5(9)11-13/h1-2,13H,3H2,(H2,9,11)(H,10,12). The lowest BCUT2D eigenvalue weighted by Gasteiger charge is -2.01. The van der Waals surface area contributed by atoms with Crippen LogP contribution in [0, 0.1) is 0 Å². The largest absolute Gasteiger partial charge is 0.457 e. The number of hydrogen-bond acceptors (Lipinski definition) is 4. The smallest absolute Gasteiger partial charge is 0.256 e. The summed E-state index contributed by atoms with van der Waals surface area (Å²) in [5.74, 6) is -0.435. The van der Waals surface area contributed by atoms with E-state index in [-0.39, 0.29) is 18.3 Å². The molecule has 14 heavy (non-hydrogen) atoms. The molecule has 76 valence electrons. The quantitative estimate of drug-likeness (QED) is 0.320. The van der Waals surface area contributed by atoms with Crippen LogP contribution in [-0.2, 0) is 0 Å². The lowest BCUT2D eigenvalue weighted by molar-refractivity contribution is 0.0957. The van der Waals surface area contributed by atoms with E-state index in [1.807, 2.05) is 0 Å².